The lowest BCUT2D eigenvalue weighted by atomic mass is 10.2. The Kier molecular flexibility index (Phi) is 5.27. The summed E-state index contributed by atoms with van der Waals surface area (Å²) in [6.45, 7) is 2.10. The van der Waals surface area contributed by atoms with Crippen LogP contribution in [0, 0.1) is 5.82 Å². The van der Waals surface area contributed by atoms with Gasteiger partial charge in [-0.25, -0.2) is 4.39 Å². The van der Waals surface area contributed by atoms with E-state index in [1.807, 2.05) is 0 Å². The standard InChI is InChI=1S/C12H14BrFN2O2/c1-3-16(7-11(17)15-2)12(18)8-4-5-9(13)10(14)6-8/h4-6H,3,7H2,1-2H3,(H,15,17). The molecule has 0 heterocycles. The molecule has 0 aliphatic rings. The van der Waals surface area contributed by atoms with Crippen LogP contribution in [0.25, 0.3) is 0 Å². The molecule has 1 rings (SSSR count). The molecule has 0 bridgehead atoms. The molecule has 1 aromatic carbocycles. The summed E-state index contributed by atoms with van der Waals surface area (Å²) in [6, 6.07) is 4.14. The van der Waals surface area contributed by atoms with Gasteiger partial charge in [-0.2, -0.15) is 0 Å². The second-order valence-electron chi connectivity index (χ2n) is 3.62. The van der Waals surface area contributed by atoms with E-state index in [0.29, 0.717) is 11.0 Å². The first kappa shape index (κ1) is 14.6. The van der Waals surface area contributed by atoms with E-state index in [9.17, 15) is 14.0 Å². The molecule has 18 heavy (non-hydrogen) atoms. The largest absolute Gasteiger partial charge is 0.358 e. The minimum Gasteiger partial charge on any atom is -0.358 e. The van der Waals surface area contributed by atoms with Gasteiger partial charge in [0, 0.05) is 19.2 Å². The Labute approximate surface area is 113 Å². The van der Waals surface area contributed by atoms with Crippen LogP contribution in [0.15, 0.2) is 22.7 Å². The molecule has 0 unspecified atom stereocenters. The number of likely N-dealkylation sites (N-methyl/N-ethyl adjacent to an activating group) is 2. The number of carbonyl (C=O) groups excluding carboxylic acids is 2. The van der Waals surface area contributed by atoms with Crippen molar-refractivity contribution < 1.29 is 14.0 Å². The highest BCUT2D eigenvalue weighted by Crippen LogP contribution is 2.17. The quantitative estimate of drug-likeness (QED) is 0.920. The first-order chi connectivity index (χ1) is 8.49. The van der Waals surface area contributed by atoms with Gasteiger partial charge in [-0.3, -0.25) is 9.59 Å². The van der Waals surface area contributed by atoms with Crippen LogP contribution in [0.2, 0.25) is 0 Å². The number of halogens is 2. The maximum atomic E-state index is 13.3. The van der Waals surface area contributed by atoms with Crippen molar-refractivity contribution in [1.82, 2.24) is 10.2 Å². The zero-order valence-corrected chi connectivity index (χ0v) is 11.8. The van der Waals surface area contributed by atoms with E-state index in [2.05, 4.69) is 21.2 Å². The fourth-order valence-corrected chi connectivity index (χ4v) is 1.64. The van der Waals surface area contributed by atoms with E-state index in [1.54, 1.807) is 6.92 Å². The van der Waals surface area contributed by atoms with Crippen molar-refractivity contribution in [2.75, 3.05) is 20.1 Å². The molecule has 0 aliphatic heterocycles. The average molecular weight is 317 g/mol. The smallest absolute Gasteiger partial charge is 0.254 e. The molecule has 0 saturated heterocycles. The number of amides is 2. The van der Waals surface area contributed by atoms with Crippen molar-refractivity contribution in [3.63, 3.8) is 0 Å². The van der Waals surface area contributed by atoms with Crippen molar-refractivity contribution >= 4 is 27.7 Å². The maximum Gasteiger partial charge on any atom is 0.254 e. The SMILES string of the molecule is CCN(CC(=O)NC)C(=O)c1ccc(Br)c(F)c1. The number of hydrogen-bond acceptors (Lipinski definition) is 2. The van der Waals surface area contributed by atoms with Crippen LogP contribution in [0.1, 0.15) is 17.3 Å². The first-order valence-corrected chi connectivity index (χ1v) is 6.23. The summed E-state index contributed by atoms with van der Waals surface area (Å²) >= 11 is 3.02. The van der Waals surface area contributed by atoms with Crippen molar-refractivity contribution in [1.29, 1.82) is 0 Å². The molecule has 0 fully saturated rings. The third kappa shape index (κ3) is 3.53. The second kappa shape index (κ2) is 6.49. The van der Waals surface area contributed by atoms with E-state index in [4.69, 9.17) is 0 Å². The average Bonchev–Trinajstić information content (AvgIpc) is 2.38. The molecule has 1 aromatic rings. The Morgan fingerprint density at radius 2 is 2.11 bits per heavy atom. The summed E-state index contributed by atoms with van der Waals surface area (Å²) < 4.78 is 13.6. The fraction of sp³-hybridized carbons (Fsp3) is 0.333. The molecule has 6 heteroatoms. The summed E-state index contributed by atoms with van der Waals surface area (Å²) in [6.07, 6.45) is 0. The molecule has 2 amide bonds. The Hall–Kier alpha value is -1.43. The topological polar surface area (TPSA) is 49.4 Å². The van der Waals surface area contributed by atoms with Gasteiger partial charge < -0.3 is 10.2 Å². The summed E-state index contributed by atoms with van der Waals surface area (Å²) in [7, 11) is 1.50. The van der Waals surface area contributed by atoms with Gasteiger partial charge in [-0.15, -0.1) is 0 Å². The van der Waals surface area contributed by atoms with Gasteiger partial charge in [0.25, 0.3) is 5.91 Å². The van der Waals surface area contributed by atoms with Crippen LogP contribution < -0.4 is 5.32 Å². The normalized spacial score (nSPS) is 10.0. The number of nitrogens with zero attached hydrogens (tertiary/aromatic N) is 1. The van der Waals surface area contributed by atoms with Crippen LogP contribution in [-0.2, 0) is 4.79 Å². The summed E-state index contributed by atoms with van der Waals surface area (Å²) in [5.74, 6) is -1.13. The second-order valence-corrected chi connectivity index (χ2v) is 4.48. The van der Waals surface area contributed by atoms with E-state index in [-0.39, 0.29) is 23.9 Å². The van der Waals surface area contributed by atoms with Crippen LogP contribution >= 0.6 is 15.9 Å². The molecule has 0 aromatic heterocycles. The lowest BCUT2D eigenvalue weighted by Crippen LogP contribution is -2.39. The van der Waals surface area contributed by atoms with Crippen molar-refractivity contribution in [3.8, 4) is 0 Å². The number of nitrogens with one attached hydrogen (secondary N) is 1. The fourth-order valence-electron chi connectivity index (χ4n) is 1.39. The third-order valence-electron chi connectivity index (χ3n) is 2.45. The Morgan fingerprint density at radius 1 is 1.44 bits per heavy atom. The van der Waals surface area contributed by atoms with E-state index < -0.39 is 5.82 Å². The van der Waals surface area contributed by atoms with Gasteiger partial charge >= 0.3 is 0 Å². The van der Waals surface area contributed by atoms with E-state index in [0.717, 1.165) is 6.07 Å². The molecule has 0 aliphatic carbocycles. The number of rotatable bonds is 4. The van der Waals surface area contributed by atoms with Crippen molar-refractivity contribution in [3.05, 3.63) is 34.1 Å². The first-order valence-electron chi connectivity index (χ1n) is 5.44. The molecule has 4 nitrogen and oxygen atoms in total. The Morgan fingerprint density at radius 3 is 2.61 bits per heavy atom. The Bertz CT molecular complexity index is 465. The molecule has 0 spiro atoms. The maximum absolute atomic E-state index is 13.3. The summed E-state index contributed by atoms with van der Waals surface area (Å²) in [4.78, 5) is 24.7. The molecule has 0 radical (unpaired) electrons. The van der Waals surface area contributed by atoms with Crippen molar-refractivity contribution in [2.24, 2.45) is 0 Å². The predicted molar refractivity (Wildman–Crippen MR) is 69.7 cm³/mol. The number of carbonyl (C=O) groups is 2. The van der Waals surface area contributed by atoms with Crippen LogP contribution in [0.4, 0.5) is 4.39 Å². The molecule has 0 atom stereocenters. The molecule has 1 N–H and O–H groups in total. The van der Waals surface area contributed by atoms with Gasteiger partial charge in [0.15, 0.2) is 0 Å². The monoisotopic (exact) mass is 316 g/mol. The van der Waals surface area contributed by atoms with Gasteiger partial charge in [-0.05, 0) is 41.1 Å². The van der Waals surface area contributed by atoms with Gasteiger partial charge in [0.2, 0.25) is 5.91 Å². The van der Waals surface area contributed by atoms with Crippen LogP contribution in [-0.4, -0.2) is 36.9 Å². The van der Waals surface area contributed by atoms with Crippen LogP contribution in [0.3, 0.4) is 0 Å². The lowest BCUT2D eigenvalue weighted by molar-refractivity contribution is -0.121. The zero-order valence-electron chi connectivity index (χ0n) is 10.2. The lowest BCUT2D eigenvalue weighted by Gasteiger charge is -2.20. The highest BCUT2D eigenvalue weighted by molar-refractivity contribution is 9.10. The minimum atomic E-state index is -0.503. The van der Waals surface area contributed by atoms with Gasteiger partial charge in [0.1, 0.15) is 5.82 Å². The summed E-state index contributed by atoms with van der Waals surface area (Å²) in [5.41, 5.74) is 0.224. The van der Waals surface area contributed by atoms with Crippen molar-refractivity contribution in [2.45, 2.75) is 6.92 Å². The molecule has 98 valence electrons. The third-order valence-corrected chi connectivity index (χ3v) is 3.09. The Balaban J connectivity index is 2.89. The number of hydrogen-bond donors (Lipinski definition) is 1. The zero-order chi connectivity index (χ0) is 13.7. The van der Waals surface area contributed by atoms with Crippen LogP contribution in [0.5, 0.6) is 0 Å². The van der Waals surface area contributed by atoms with Gasteiger partial charge in [-0.1, -0.05) is 0 Å². The molecule has 0 saturated carbocycles. The highest BCUT2D eigenvalue weighted by atomic mass is 79.9. The number of benzene rings is 1. The van der Waals surface area contributed by atoms with E-state index >= 15 is 0 Å². The predicted octanol–water partition coefficient (Wildman–Crippen LogP) is 1.80. The summed E-state index contributed by atoms with van der Waals surface area (Å²) in [5, 5.41) is 2.44. The highest BCUT2D eigenvalue weighted by Gasteiger charge is 2.17. The molecular formula is C12H14BrFN2O2. The van der Waals surface area contributed by atoms with E-state index in [1.165, 1.54) is 24.1 Å². The molecular weight excluding hydrogens is 303 g/mol. The minimum absolute atomic E-state index is 0.0382. The van der Waals surface area contributed by atoms with Gasteiger partial charge in [0.05, 0.1) is 11.0 Å².